The standard InChI is InChI=1S/C19H22N2OS/c1-3-21-11-10-15-6-7-16(12-18(15)21)20-19(22)13-23-17-8-4-14(2)5-9-17/h4-9,12H,3,10-11,13H2,1-2H3,(H,20,22). The average molecular weight is 326 g/mol. The molecule has 0 atom stereocenters. The van der Waals surface area contributed by atoms with Gasteiger partial charge in [0, 0.05) is 29.4 Å². The van der Waals surface area contributed by atoms with E-state index in [2.05, 4.69) is 60.5 Å². The Labute approximate surface area is 142 Å². The maximum absolute atomic E-state index is 12.2. The molecule has 1 heterocycles. The smallest absolute Gasteiger partial charge is 0.234 e. The summed E-state index contributed by atoms with van der Waals surface area (Å²) in [7, 11) is 0. The van der Waals surface area contributed by atoms with Crippen LogP contribution in [0, 0.1) is 6.92 Å². The van der Waals surface area contributed by atoms with Crippen LogP contribution in [0.15, 0.2) is 47.4 Å². The van der Waals surface area contributed by atoms with Gasteiger partial charge in [0.25, 0.3) is 0 Å². The number of aryl methyl sites for hydroxylation is 1. The van der Waals surface area contributed by atoms with Crippen molar-refractivity contribution in [2.45, 2.75) is 25.2 Å². The molecule has 0 saturated heterocycles. The van der Waals surface area contributed by atoms with E-state index in [9.17, 15) is 4.79 Å². The van der Waals surface area contributed by atoms with Crippen molar-refractivity contribution in [1.82, 2.24) is 0 Å². The Morgan fingerprint density at radius 2 is 2.00 bits per heavy atom. The number of likely N-dealkylation sites (N-methyl/N-ethyl adjacent to an activating group) is 1. The summed E-state index contributed by atoms with van der Waals surface area (Å²) in [6.45, 7) is 6.31. The molecule has 0 fully saturated rings. The van der Waals surface area contributed by atoms with Crippen LogP contribution in [0.5, 0.6) is 0 Å². The fraction of sp³-hybridized carbons (Fsp3) is 0.316. The van der Waals surface area contributed by atoms with Crippen LogP contribution in [0.25, 0.3) is 0 Å². The fourth-order valence-electron chi connectivity index (χ4n) is 2.83. The maximum atomic E-state index is 12.2. The Kier molecular flexibility index (Phi) is 4.91. The number of anilines is 2. The minimum atomic E-state index is 0.0385. The lowest BCUT2D eigenvalue weighted by molar-refractivity contribution is -0.113. The molecule has 0 bridgehead atoms. The van der Waals surface area contributed by atoms with Crippen molar-refractivity contribution >= 4 is 29.0 Å². The molecule has 4 heteroatoms. The number of rotatable bonds is 5. The molecular weight excluding hydrogens is 304 g/mol. The van der Waals surface area contributed by atoms with E-state index in [0.717, 1.165) is 30.1 Å². The fourth-order valence-corrected chi connectivity index (χ4v) is 3.53. The third-order valence-corrected chi connectivity index (χ3v) is 5.15. The van der Waals surface area contributed by atoms with Crippen LogP contribution in [-0.4, -0.2) is 24.7 Å². The van der Waals surface area contributed by atoms with Crippen LogP contribution >= 0.6 is 11.8 Å². The molecule has 1 N–H and O–H groups in total. The van der Waals surface area contributed by atoms with Gasteiger partial charge in [-0.2, -0.15) is 0 Å². The first-order valence-corrected chi connectivity index (χ1v) is 9.01. The zero-order valence-corrected chi connectivity index (χ0v) is 14.5. The number of fused-ring (bicyclic) bond motifs is 1. The summed E-state index contributed by atoms with van der Waals surface area (Å²) in [5.74, 6) is 0.467. The number of carbonyl (C=O) groups excluding carboxylic acids is 1. The van der Waals surface area contributed by atoms with Gasteiger partial charge < -0.3 is 10.2 Å². The summed E-state index contributed by atoms with van der Waals surface area (Å²) in [6, 6.07) is 14.5. The average Bonchev–Trinajstić information content (AvgIpc) is 2.96. The minimum Gasteiger partial charge on any atom is -0.371 e. The first-order valence-electron chi connectivity index (χ1n) is 8.03. The van der Waals surface area contributed by atoms with E-state index < -0.39 is 0 Å². The molecule has 3 nitrogen and oxygen atoms in total. The molecule has 1 aliphatic heterocycles. The molecule has 1 amide bonds. The summed E-state index contributed by atoms with van der Waals surface area (Å²) in [4.78, 5) is 15.6. The molecule has 0 aromatic heterocycles. The number of hydrogen-bond donors (Lipinski definition) is 1. The van der Waals surface area contributed by atoms with Crippen LogP contribution in [0.3, 0.4) is 0 Å². The highest BCUT2D eigenvalue weighted by molar-refractivity contribution is 8.00. The first-order chi connectivity index (χ1) is 11.2. The van der Waals surface area contributed by atoms with Crippen molar-refractivity contribution in [2.24, 2.45) is 0 Å². The number of carbonyl (C=O) groups is 1. The Bertz CT molecular complexity index is 697. The SMILES string of the molecule is CCN1CCc2ccc(NC(=O)CSc3ccc(C)cc3)cc21. The highest BCUT2D eigenvalue weighted by atomic mass is 32.2. The highest BCUT2D eigenvalue weighted by Crippen LogP contribution is 2.30. The normalized spacial score (nSPS) is 13.0. The van der Waals surface area contributed by atoms with E-state index in [1.165, 1.54) is 16.8 Å². The molecule has 0 saturated carbocycles. The molecule has 0 spiro atoms. The monoisotopic (exact) mass is 326 g/mol. The number of benzene rings is 2. The van der Waals surface area contributed by atoms with Crippen LogP contribution in [0.1, 0.15) is 18.1 Å². The van der Waals surface area contributed by atoms with Crippen molar-refractivity contribution in [2.75, 3.05) is 29.1 Å². The largest absolute Gasteiger partial charge is 0.371 e. The Hall–Kier alpha value is -1.94. The van der Waals surface area contributed by atoms with Gasteiger partial charge in [-0.15, -0.1) is 11.8 Å². The van der Waals surface area contributed by atoms with Crippen molar-refractivity contribution in [1.29, 1.82) is 0 Å². The second-order valence-electron chi connectivity index (χ2n) is 5.82. The second-order valence-corrected chi connectivity index (χ2v) is 6.87. The highest BCUT2D eigenvalue weighted by Gasteiger charge is 2.18. The lowest BCUT2D eigenvalue weighted by atomic mass is 10.1. The van der Waals surface area contributed by atoms with Crippen LogP contribution < -0.4 is 10.2 Å². The van der Waals surface area contributed by atoms with Gasteiger partial charge in [-0.1, -0.05) is 23.8 Å². The van der Waals surface area contributed by atoms with E-state index in [1.54, 1.807) is 11.8 Å². The van der Waals surface area contributed by atoms with E-state index in [-0.39, 0.29) is 5.91 Å². The number of hydrogen-bond acceptors (Lipinski definition) is 3. The minimum absolute atomic E-state index is 0.0385. The predicted molar refractivity (Wildman–Crippen MR) is 98.6 cm³/mol. The second kappa shape index (κ2) is 7.09. The van der Waals surface area contributed by atoms with Crippen molar-refractivity contribution in [3.8, 4) is 0 Å². The molecular formula is C19H22N2OS. The third-order valence-electron chi connectivity index (χ3n) is 4.13. The topological polar surface area (TPSA) is 32.3 Å². The number of amides is 1. The molecule has 0 unspecified atom stereocenters. The molecule has 1 aliphatic rings. The molecule has 0 aliphatic carbocycles. The van der Waals surface area contributed by atoms with Gasteiger partial charge in [0.2, 0.25) is 5.91 Å². The summed E-state index contributed by atoms with van der Waals surface area (Å²) in [6.07, 6.45) is 1.10. The summed E-state index contributed by atoms with van der Waals surface area (Å²) in [5.41, 5.74) is 4.76. The zero-order chi connectivity index (χ0) is 16.2. The maximum Gasteiger partial charge on any atom is 0.234 e. The Balaban J connectivity index is 1.59. The van der Waals surface area contributed by atoms with Gasteiger partial charge in [0.05, 0.1) is 5.75 Å². The molecule has 23 heavy (non-hydrogen) atoms. The zero-order valence-electron chi connectivity index (χ0n) is 13.6. The third kappa shape index (κ3) is 3.88. The van der Waals surface area contributed by atoms with Crippen LogP contribution in [-0.2, 0) is 11.2 Å². The van der Waals surface area contributed by atoms with E-state index >= 15 is 0 Å². The van der Waals surface area contributed by atoms with Gasteiger partial charge in [0.15, 0.2) is 0 Å². The summed E-state index contributed by atoms with van der Waals surface area (Å²) in [5, 5.41) is 3.01. The molecule has 120 valence electrons. The van der Waals surface area contributed by atoms with E-state index in [0.29, 0.717) is 5.75 Å². The van der Waals surface area contributed by atoms with Gasteiger partial charge in [-0.3, -0.25) is 4.79 Å². The van der Waals surface area contributed by atoms with Crippen molar-refractivity contribution in [3.63, 3.8) is 0 Å². The first kappa shape index (κ1) is 15.9. The Morgan fingerprint density at radius 3 is 2.74 bits per heavy atom. The predicted octanol–water partition coefficient (Wildman–Crippen LogP) is 4.11. The lowest BCUT2D eigenvalue weighted by Gasteiger charge is -2.17. The number of thioether (sulfide) groups is 1. The quantitative estimate of drug-likeness (QED) is 0.839. The summed E-state index contributed by atoms with van der Waals surface area (Å²) < 4.78 is 0. The molecule has 2 aromatic carbocycles. The van der Waals surface area contributed by atoms with Crippen LogP contribution in [0.2, 0.25) is 0 Å². The summed E-state index contributed by atoms with van der Waals surface area (Å²) >= 11 is 1.56. The lowest BCUT2D eigenvalue weighted by Crippen LogP contribution is -2.19. The number of nitrogens with one attached hydrogen (secondary N) is 1. The Morgan fingerprint density at radius 1 is 1.22 bits per heavy atom. The van der Waals surface area contributed by atoms with Gasteiger partial charge in [0.1, 0.15) is 0 Å². The molecule has 0 radical (unpaired) electrons. The van der Waals surface area contributed by atoms with Crippen LogP contribution in [0.4, 0.5) is 11.4 Å². The van der Waals surface area contributed by atoms with Gasteiger partial charge in [-0.25, -0.2) is 0 Å². The van der Waals surface area contributed by atoms with Gasteiger partial charge in [-0.05, 0) is 50.1 Å². The van der Waals surface area contributed by atoms with Crippen molar-refractivity contribution < 1.29 is 4.79 Å². The molecule has 3 rings (SSSR count). The molecule has 2 aromatic rings. The van der Waals surface area contributed by atoms with Gasteiger partial charge >= 0.3 is 0 Å². The van der Waals surface area contributed by atoms with E-state index in [1.807, 2.05) is 6.07 Å². The van der Waals surface area contributed by atoms with E-state index in [4.69, 9.17) is 0 Å². The number of nitrogens with zero attached hydrogens (tertiary/aromatic N) is 1. The van der Waals surface area contributed by atoms with Crippen molar-refractivity contribution in [3.05, 3.63) is 53.6 Å².